The third-order valence-electron chi connectivity index (χ3n) is 11.1. The first kappa shape index (κ1) is 32.3. The van der Waals surface area contributed by atoms with Crippen molar-refractivity contribution in [3.8, 4) is 51.0 Å². The van der Waals surface area contributed by atoms with Gasteiger partial charge in [-0.25, -0.2) is 15.0 Å². The van der Waals surface area contributed by atoms with Gasteiger partial charge in [-0.1, -0.05) is 140 Å². The molecule has 0 aliphatic heterocycles. The maximum atomic E-state index is 5.11. The van der Waals surface area contributed by atoms with Gasteiger partial charge in [0.1, 0.15) is 0 Å². The van der Waals surface area contributed by atoms with Crippen LogP contribution in [0.3, 0.4) is 0 Å². The Balaban J connectivity index is 0.999. The van der Waals surface area contributed by atoms with Crippen LogP contribution in [-0.4, -0.2) is 19.5 Å². The zero-order valence-corrected chi connectivity index (χ0v) is 32.1. The van der Waals surface area contributed by atoms with E-state index < -0.39 is 0 Å². The summed E-state index contributed by atoms with van der Waals surface area (Å²) in [6.07, 6.45) is 0. The molecule has 4 heterocycles. The molecule has 0 atom stereocenters. The maximum Gasteiger partial charge on any atom is 0.164 e. The summed E-state index contributed by atoms with van der Waals surface area (Å²) in [5, 5.41) is 7.50. The summed E-state index contributed by atoms with van der Waals surface area (Å²) in [6.45, 7) is 0. The molecule has 12 aromatic rings. The highest BCUT2D eigenvalue weighted by Gasteiger charge is 2.19. The Kier molecular flexibility index (Phi) is 7.24. The zero-order valence-electron chi connectivity index (χ0n) is 30.4. The normalized spacial score (nSPS) is 11.9. The van der Waals surface area contributed by atoms with Gasteiger partial charge in [-0.15, -0.1) is 22.7 Å². The van der Waals surface area contributed by atoms with Gasteiger partial charge in [0.25, 0.3) is 0 Å². The highest BCUT2D eigenvalue weighted by Crippen LogP contribution is 2.45. The Labute approximate surface area is 335 Å². The molecular formula is C51H30N4S2. The zero-order chi connectivity index (χ0) is 37.5. The summed E-state index contributed by atoms with van der Waals surface area (Å²) < 4.78 is 7.44. The summed E-state index contributed by atoms with van der Waals surface area (Å²) >= 11 is 3.70. The number of thiophene rings is 2. The van der Waals surface area contributed by atoms with E-state index in [4.69, 9.17) is 15.0 Å². The molecule has 4 nitrogen and oxygen atoms in total. The van der Waals surface area contributed by atoms with Gasteiger partial charge in [-0.05, 0) is 53.6 Å². The first-order chi connectivity index (χ1) is 28.2. The van der Waals surface area contributed by atoms with Crippen molar-refractivity contribution in [2.75, 3.05) is 0 Å². The van der Waals surface area contributed by atoms with Crippen molar-refractivity contribution in [3.63, 3.8) is 0 Å². The fourth-order valence-electron chi connectivity index (χ4n) is 8.46. The summed E-state index contributed by atoms with van der Waals surface area (Å²) in [6, 6.07) is 64.9. The Morgan fingerprint density at radius 1 is 0.351 bits per heavy atom. The summed E-state index contributed by atoms with van der Waals surface area (Å²) in [5.74, 6) is 2.00. The second-order valence-electron chi connectivity index (χ2n) is 14.4. The number of benzene rings is 8. The van der Waals surface area contributed by atoms with E-state index >= 15 is 0 Å². The van der Waals surface area contributed by atoms with Gasteiger partial charge in [0.15, 0.2) is 17.5 Å². The largest absolute Gasteiger partial charge is 0.309 e. The van der Waals surface area contributed by atoms with Crippen molar-refractivity contribution < 1.29 is 0 Å². The van der Waals surface area contributed by atoms with Crippen LogP contribution >= 0.6 is 22.7 Å². The predicted octanol–water partition coefficient (Wildman–Crippen LogP) is 14.4. The van der Waals surface area contributed by atoms with E-state index in [2.05, 4.69) is 150 Å². The number of aromatic nitrogens is 4. The topological polar surface area (TPSA) is 43.6 Å². The second kappa shape index (κ2) is 12.8. The van der Waals surface area contributed by atoms with Gasteiger partial charge in [-0.3, -0.25) is 0 Å². The van der Waals surface area contributed by atoms with Crippen molar-refractivity contribution in [1.82, 2.24) is 19.5 Å². The Morgan fingerprint density at radius 2 is 0.965 bits per heavy atom. The monoisotopic (exact) mass is 762 g/mol. The SMILES string of the molecule is c1ccc(-c2nc(-c3ccccc3)nc(-c3cccc4sc5c(-c6ccc7sc8cc(-n9c%10ccccc%10c%10ccccc%109)ccc8c7c6)cccc5c34)n2)cc1. The minimum absolute atomic E-state index is 0.662. The molecule has 57 heavy (non-hydrogen) atoms. The van der Waals surface area contributed by atoms with Gasteiger partial charge < -0.3 is 4.57 Å². The van der Waals surface area contributed by atoms with E-state index in [1.54, 1.807) is 0 Å². The number of para-hydroxylation sites is 2. The molecule has 0 saturated heterocycles. The van der Waals surface area contributed by atoms with E-state index in [1.165, 1.54) is 79.0 Å². The van der Waals surface area contributed by atoms with E-state index in [0.29, 0.717) is 17.5 Å². The molecule has 266 valence electrons. The number of nitrogens with zero attached hydrogens (tertiary/aromatic N) is 4. The van der Waals surface area contributed by atoms with Crippen LogP contribution in [0.4, 0.5) is 0 Å². The number of hydrogen-bond acceptors (Lipinski definition) is 5. The van der Waals surface area contributed by atoms with Gasteiger partial charge in [0.05, 0.1) is 11.0 Å². The average molecular weight is 763 g/mol. The molecule has 12 rings (SSSR count). The maximum absolute atomic E-state index is 5.11. The summed E-state index contributed by atoms with van der Waals surface area (Å²) in [7, 11) is 0. The van der Waals surface area contributed by atoms with Crippen molar-refractivity contribution in [1.29, 1.82) is 0 Å². The predicted molar refractivity (Wildman–Crippen MR) is 242 cm³/mol. The molecule has 0 aliphatic carbocycles. The minimum Gasteiger partial charge on any atom is -0.309 e. The lowest BCUT2D eigenvalue weighted by Crippen LogP contribution is -2.00. The molecule has 0 unspecified atom stereocenters. The lowest BCUT2D eigenvalue weighted by Gasteiger charge is -2.09. The third kappa shape index (κ3) is 5.15. The molecule has 8 aromatic carbocycles. The van der Waals surface area contributed by atoms with Crippen LogP contribution in [0.25, 0.3) is 113 Å². The first-order valence-electron chi connectivity index (χ1n) is 19.0. The highest BCUT2D eigenvalue weighted by molar-refractivity contribution is 7.26. The van der Waals surface area contributed by atoms with E-state index in [-0.39, 0.29) is 0 Å². The molecule has 4 aromatic heterocycles. The van der Waals surface area contributed by atoms with Crippen LogP contribution in [0.15, 0.2) is 182 Å². The molecular weight excluding hydrogens is 733 g/mol. The third-order valence-corrected chi connectivity index (χ3v) is 13.4. The standard InChI is InChI=1S/C51H30N4S2/c1-3-13-31(14-4-1)49-52-50(32-15-5-2-6-16-32)54-51(53-49)40-21-12-24-45-47(40)39-20-11-19-35(48(39)57-45)33-25-28-44-41(29-33)38-27-26-34(30-46(38)56-44)55-42-22-9-7-17-36(42)37-18-8-10-23-43(37)55/h1-30H. The van der Waals surface area contributed by atoms with Crippen LogP contribution in [0.5, 0.6) is 0 Å². The van der Waals surface area contributed by atoms with Gasteiger partial charge in [0.2, 0.25) is 0 Å². The summed E-state index contributed by atoms with van der Waals surface area (Å²) in [4.78, 5) is 15.2. The molecule has 0 fully saturated rings. The smallest absolute Gasteiger partial charge is 0.164 e. The lowest BCUT2D eigenvalue weighted by molar-refractivity contribution is 1.08. The Morgan fingerprint density at radius 3 is 1.68 bits per heavy atom. The number of fused-ring (bicyclic) bond motifs is 9. The van der Waals surface area contributed by atoms with Crippen molar-refractivity contribution >= 4 is 84.8 Å². The van der Waals surface area contributed by atoms with Gasteiger partial charge in [-0.2, -0.15) is 0 Å². The van der Waals surface area contributed by atoms with E-state index in [0.717, 1.165) is 16.7 Å². The molecule has 0 aliphatic rings. The molecule has 0 bridgehead atoms. The van der Waals surface area contributed by atoms with Crippen molar-refractivity contribution in [3.05, 3.63) is 182 Å². The second-order valence-corrected chi connectivity index (χ2v) is 16.5. The fraction of sp³-hybridized carbons (Fsp3) is 0. The van der Waals surface area contributed by atoms with E-state index in [1.807, 2.05) is 59.1 Å². The fourth-order valence-corrected chi connectivity index (χ4v) is 10.8. The molecule has 0 spiro atoms. The number of rotatable bonds is 5. The minimum atomic E-state index is 0.662. The van der Waals surface area contributed by atoms with Crippen LogP contribution in [0.2, 0.25) is 0 Å². The van der Waals surface area contributed by atoms with Crippen LogP contribution in [0, 0.1) is 0 Å². The molecule has 0 saturated carbocycles. The van der Waals surface area contributed by atoms with E-state index in [9.17, 15) is 0 Å². The highest BCUT2D eigenvalue weighted by atomic mass is 32.1. The lowest BCUT2D eigenvalue weighted by atomic mass is 9.99. The quantitative estimate of drug-likeness (QED) is 0.175. The molecule has 0 amide bonds. The van der Waals surface area contributed by atoms with Gasteiger partial charge >= 0.3 is 0 Å². The number of hydrogen-bond donors (Lipinski definition) is 0. The first-order valence-corrected chi connectivity index (χ1v) is 20.7. The Bertz CT molecular complexity index is 3410. The summed E-state index contributed by atoms with van der Waals surface area (Å²) in [5.41, 5.74) is 9.01. The van der Waals surface area contributed by atoms with Crippen molar-refractivity contribution in [2.45, 2.75) is 0 Å². The van der Waals surface area contributed by atoms with Gasteiger partial charge in [0, 0.05) is 73.5 Å². The average Bonchev–Trinajstić information content (AvgIpc) is 3.96. The Hall–Kier alpha value is -6.99. The van der Waals surface area contributed by atoms with Crippen LogP contribution < -0.4 is 0 Å². The van der Waals surface area contributed by atoms with Crippen molar-refractivity contribution in [2.24, 2.45) is 0 Å². The molecule has 6 heteroatoms. The van der Waals surface area contributed by atoms with Crippen LogP contribution in [0.1, 0.15) is 0 Å². The van der Waals surface area contributed by atoms with Crippen LogP contribution in [-0.2, 0) is 0 Å². The molecule has 0 N–H and O–H groups in total. The molecule has 0 radical (unpaired) electrons.